The number of primary amides is 1. The van der Waals surface area contributed by atoms with Crippen LogP contribution < -0.4 is 10.6 Å². The lowest BCUT2D eigenvalue weighted by Crippen LogP contribution is -2.35. The van der Waals surface area contributed by atoms with Crippen molar-refractivity contribution in [3.05, 3.63) is 60.2 Å². The monoisotopic (exact) mass is 328 g/mol. The minimum Gasteiger partial charge on any atom is -0.370 e. The van der Waals surface area contributed by atoms with Crippen molar-refractivity contribution in [2.75, 3.05) is 17.2 Å². The molecule has 0 aliphatic carbocycles. The van der Waals surface area contributed by atoms with Crippen molar-refractivity contribution in [3.8, 4) is 0 Å². The van der Waals surface area contributed by atoms with E-state index < -0.39 is 5.91 Å². The first-order chi connectivity index (χ1) is 11.1. The average molecular weight is 328 g/mol. The Bertz CT molecular complexity index is 656. The first kappa shape index (κ1) is 17.1. The topological polar surface area (TPSA) is 63.4 Å². The van der Waals surface area contributed by atoms with Crippen LogP contribution in [0.25, 0.3) is 0 Å². The molecule has 0 bridgehead atoms. The second-order valence-electron chi connectivity index (χ2n) is 5.20. The van der Waals surface area contributed by atoms with Crippen LogP contribution in [-0.2, 0) is 9.59 Å². The highest BCUT2D eigenvalue weighted by Gasteiger charge is 2.16. The number of amides is 2. The molecule has 0 fully saturated rings. The number of nitrogens with zero attached hydrogens (tertiary/aromatic N) is 1. The predicted molar refractivity (Wildman–Crippen MR) is 94.5 cm³/mol. The van der Waals surface area contributed by atoms with Gasteiger partial charge in [-0.15, -0.1) is 11.8 Å². The molecule has 0 aromatic heterocycles. The molecule has 0 radical (unpaired) electrons. The Kier molecular flexibility index (Phi) is 6.23. The quantitative estimate of drug-likeness (QED) is 0.795. The molecule has 2 aromatic carbocycles. The molecule has 0 heterocycles. The van der Waals surface area contributed by atoms with Gasteiger partial charge in [-0.05, 0) is 31.2 Å². The number of carbonyl (C=O) groups is 2. The maximum atomic E-state index is 12.5. The number of para-hydroxylation sites is 1. The van der Waals surface area contributed by atoms with Crippen LogP contribution in [0.4, 0.5) is 5.69 Å². The number of benzene rings is 2. The summed E-state index contributed by atoms with van der Waals surface area (Å²) in [6.07, 6.45) is 0.149. The van der Waals surface area contributed by atoms with E-state index in [0.717, 1.165) is 10.6 Å². The summed E-state index contributed by atoms with van der Waals surface area (Å²) in [7, 11) is 0. The second-order valence-corrected chi connectivity index (χ2v) is 6.25. The summed E-state index contributed by atoms with van der Waals surface area (Å²) < 4.78 is 0. The number of carbonyl (C=O) groups excluding carboxylic acids is 2. The molecule has 0 saturated carbocycles. The number of anilines is 1. The lowest BCUT2D eigenvalue weighted by molar-refractivity contribution is -0.118. The fraction of sp³-hybridized carbons (Fsp3) is 0.222. The number of hydrogen-bond donors (Lipinski definition) is 1. The zero-order valence-electron chi connectivity index (χ0n) is 13.1. The number of aryl methyl sites for hydroxylation is 1. The molecule has 120 valence electrons. The Balaban J connectivity index is 2.03. The van der Waals surface area contributed by atoms with E-state index in [0.29, 0.717) is 12.3 Å². The summed E-state index contributed by atoms with van der Waals surface area (Å²) in [5.41, 5.74) is 7.18. The molecule has 0 spiro atoms. The van der Waals surface area contributed by atoms with E-state index in [1.807, 2.05) is 61.5 Å². The second kappa shape index (κ2) is 8.39. The third-order valence-electron chi connectivity index (χ3n) is 3.33. The summed E-state index contributed by atoms with van der Waals surface area (Å²) in [6, 6.07) is 17.4. The molecule has 0 aliphatic rings. The summed E-state index contributed by atoms with van der Waals surface area (Å²) in [5.74, 6) is -0.135. The molecule has 0 unspecified atom stereocenters. The first-order valence-electron chi connectivity index (χ1n) is 7.39. The smallest absolute Gasteiger partial charge is 0.237 e. The zero-order chi connectivity index (χ0) is 16.7. The molecule has 0 aliphatic heterocycles. The third kappa shape index (κ3) is 5.45. The van der Waals surface area contributed by atoms with Crippen LogP contribution in [0.15, 0.2) is 59.5 Å². The van der Waals surface area contributed by atoms with Crippen molar-refractivity contribution < 1.29 is 9.59 Å². The third-order valence-corrected chi connectivity index (χ3v) is 4.33. The van der Waals surface area contributed by atoms with Crippen LogP contribution in [0.5, 0.6) is 0 Å². The summed E-state index contributed by atoms with van der Waals surface area (Å²) in [5, 5.41) is 0. The Morgan fingerprint density at radius 1 is 1.04 bits per heavy atom. The van der Waals surface area contributed by atoms with Crippen LogP contribution in [0, 0.1) is 6.92 Å². The van der Waals surface area contributed by atoms with Gasteiger partial charge < -0.3 is 10.6 Å². The van der Waals surface area contributed by atoms with E-state index in [2.05, 4.69) is 0 Å². The van der Waals surface area contributed by atoms with E-state index in [1.165, 1.54) is 17.3 Å². The predicted octanol–water partition coefficient (Wildman–Crippen LogP) is 3.00. The Hall–Kier alpha value is -2.27. The van der Waals surface area contributed by atoms with Gasteiger partial charge in [0.1, 0.15) is 0 Å². The highest BCUT2D eigenvalue weighted by atomic mass is 32.2. The molecule has 0 saturated heterocycles. The van der Waals surface area contributed by atoms with Gasteiger partial charge in [-0.3, -0.25) is 9.59 Å². The highest BCUT2D eigenvalue weighted by Crippen LogP contribution is 2.21. The van der Waals surface area contributed by atoms with Crippen molar-refractivity contribution in [1.82, 2.24) is 0 Å². The molecule has 2 aromatic rings. The molecule has 5 heteroatoms. The number of rotatable bonds is 7. The summed E-state index contributed by atoms with van der Waals surface area (Å²) in [6.45, 7) is 2.33. The fourth-order valence-electron chi connectivity index (χ4n) is 2.09. The van der Waals surface area contributed by atoms with Crippen LogP contribution in [0.3, 0.4) is 0 Å². The minimum atomic E-state index is -0.412. The molecular formula is C18H20N2O2S. The Labute approximate surface area is 140 Å². The standard InChI is InChI=1S/C18H20N2O2S/c1-14-7-9-16(10-8-14)23-13-18(22)20(12-11-17(19)21)15-5-3-2-4-6-15/h2-10H,11-13H2,1H3,(H2,19,21). The van der Waals surface area contributed by atoms with E-state index in [4.69, 9.17) is 5.73 Å². The zero-order valence-corrected chi connectivity index (χ0v) is 13.9. The van der Waals surface area contributed by atoms with Gasteiger partial charge in [0.05, 0.1) is 5.75 Å². The largest absolute Gasteiger partial charge is 0.370 e. The van der Waals surface area contributed by atoms with Gasteiger partial charge in [0.15, 0.2) is 0 Å². The van der Waals surface area contributed by atoms with Crippen molar-refractivity contribution >= 4 is 29.3 Å². The van der Waals surface area contributed by atoms with E-state index in [1.54, 1.807) is 4.90 Å². The van der Waals surface area contributed by atoms with Crippen LogP contribution in [0.2, 0.25) is 0 Å². The van der Waals surface area contributed by atoms with E-state index in [9.17, 15) is 9.59 Å². The van der Waals surface area contributed by atoms with Gasteiger partial charge in [-0.1, -0.05) is 35.9 Å². The van der Waals surface area contributed by atoms with E-state index >= 15 is 0 Å². The number of hydrogen-bond acceptors (Lipinski definition) is 3. The first-order valence-corrected chi connectivity index (χ1v) is 8.38. The molecule has 4 nitrogen and oxygen atoms in total. The van der Waals surface area contributed by atoms with Crippen molar-refractivity contribution in [2.45, 2.75) is 18.2 Å². The number of thioether (sulfide) groups is 1. The van der Waals surface area contributed by atoms with E-state index in [-0.39, 0.29) is 12.3 Å². The Morgan fingerprint density at radius 2 is 1.70 bits per heavy atom. The van der Waals surface area contributed by atoms with Crippen LogP contribution in [0.1, 0.15) is 12.0 Å². The summed E-state index contributed by atoms with van der Waals surface area (Å²) in [4.78, 5) is 26.3. The molecule has 2 N–H and O–H groups in total. The van der Waals surface area contributed by atoms with Gasteiger partial charge in [0.25, 0.3) is 0 Å². The average Bonchev–Trinajstić information content (AvgIpc) is 2.55. The molecule has 23 heavy (non-hydrogen) atoms. The van der Waals surface area contributed by atoms with Crippen molar-refractivity contribution in [1.29, 1.82) is 0 Å². The maximum Gasteiger partial charge on any atom is 0.237 e. The molecule has 2 rings (SSSR count). The lowest BCUT2D eigenvalue weighted by atomic mass is 10.2. The SMILES string of the molecule is Cc1ccc(SCC(=O)N(CCC(N)=O)c2ccccc2)cc1. The fourth-order valence-corrected chi connectivity index (χ4v) is 2.86. The van der Waals surface area contributed by atoms with Gasteiger partial charge in [-0.25, -0.2) is 0 Å². The number of nitrogens with two attached hydrogens (primary N) is 1. The molecular weight excluding hydrogens is 308 g/mol. The van der Waals surface area contributed by atoms with Crippen molar-refractivity contribution in [2.24, 2.45) is 5.73 Å². The van der Waals surface area contributed by atoms with Crippen molar-refractivity contribution in [3.63, 3.8) is 0 Å². The normalized spacial score (nSPS) is 10.3. The lowest BCUT2D eigenvalue weighted by Gasteiger charge is -2.22. The van der Waals surface area contributed by atoms with Gasteiger partial charge in [0, 0.05) is 23.5 Å². The van der Waals surface area contributed by atoms with Gasteiger partial charge >= 0.3 is 0 Å². The highest BCUT2D eigenvalue weighted by molar-refractivity contribution is 8.00. The Morgan fingerprint density at radius 3 is 2.30 bits per heavy atom. The summed E-state index contributed by atoms with van der Waals surface area (Å²) >= 11 is 1.49. The van der Waals surface area contributed by atoms with Gasteiger partial charge in [0.2, 0.25) is 11.8 Å². The molecule has 2 amide bonds. The minimum absolute atomic E-state index is 0.0389. The maximum absolute atomic E-state index is 12.5. The van der Waals surface area contributed by atoms with Gasteiger partial charge in [-0.2, -0.15) is 0 Å². The van der Waals surface area contributed by atoms with Crippen LogP contribution in [-0.4, -0.2) is 24.1 Å². The molecule has 0 atom stereocenters. The van der Waals surface area contributed by atoms with Crippen LogP contribution >= 0.6 is 11.8 Å².